The Kier molecular flexibility index (Phi) is 4.30. The normalized spacial score (nSPS) is 11.4. The van der Waals surface area contributed by atoms with E-state index >= 15 is 0 Å². The molecule has 0 bridgehead atoms. The van der Waals surface area contributed by atoms with Crippen LogP contribution in [0.5, 0.6) is 0 Å². The van der Waals surface area contributed by atoms with E-state index in [1.54, 1.807) is 36.0 Å². The first kappa shape index (κ1) is 18.3. The first-order valence-corrected chi connectivity index (χ1v) is 9.35. The molecule has 1 N–H and O–H groups in total. The number of nitriles is 1. The Hall–Kier alpha value is -4.72. The van der Waals surface area contributed by atoms with Crippen LogP contribution in [0.4, 0.5) is 11.5 Å². The van der Waals surface area contributed by atoms with E-state index in [-0.39, 0.29) is 0 Å². The first-order chi connectivity index (χ1) is 15.2. The summed E-state index contributed by atoms with van der Waals surface area (Å²) in [6.45, 7) is 3.60. The molecule has 150 valence electrons. The van der Waals surface area contributed by atoms with Crippen molar-refractivity contribution in [1.82, 2.24) is 39.6 Å². The zero-order valence-electron chi connectivity index (χ0n) is 16.6. The molecule has 0 aliphatic rings. The van der Waals surface area contributed by atoms with E-state index in [4.69, 9.17) is 0 Å². The number of fused-ring (bicyclic) bond motifs is 1. The molecule has 11 heteroatoms. The Bertz CT molecular complexity index is 1450. The van der Waals surface area contributed by atoms with Gasteiger partial charge in [0.25, 0.3) is 0 Å². The average molecular weight is 409 g/mol. The number of aryl methyl sites for hydroxylation is 2. The Morgan fingerprint density at radius 1 is 1.00 bits per heavy atom. The highest BCUT2D eigenvalue weighted by atomic mass is 15.4. The lowest BCUT2D eigenvalue weighted by Gasteiger charge is -2.01. The van der Waals surface area contributed by atoms with Gasteiger partial charge in [-0.15, -0.1) is 20.4 Å². The molecule has 11 nitrogen and oxygen atoms in total. The highest BCUT2D eigenvalue weighted by Crippen LogP contribution is 2.31. The predicted octanol–water partition coefficient (Wildman–Crippen LogP) is 3.60. The van der Waals surface area contributed by atoms with E-state index in [0.29, 0.717) is 45.7 Å². The quantitative estimate of drug-likeness (QED) is 0.450. The second-order valence-electron chi connectivity index (χ2n) is 6.68. The Morgan fingerprint density at radius 2 is 1.81 bits per heavy atom. The van der Waals surface area contributed by atoms with E-state index in [2.05, 4.69) is 46.7 Å². The van der Waals surface area contributed by atoms with Crippen molar-refractivity contribution in [1.29, 1.82) is 5.26 Å². The standard InChI is InChI=1S/C20H15N11/c1-12-14(11-21)18(30(28-12)16-8-4-6-10-23-16)25-24-17-13(2)29-31-19(26-27-20(17)31)15-7-3-5-9-22-15/h3-10,29H,1-2H3. The van der Waals surface area contributed by atoms with Gasteiger partial charge in [-0.2, -0.15) is 15.0 Å². The van der Waals surface area contributed by atoms with E-state index in [0.717, 1.165) is 5.69 Å². The molecule has 0 fully saturated rings. The summed E-state index contributed by atoms with van der Waals surface area (Å²) in [6.07, 6.45) is 3.34. The number of nitrogens with one attached hydrogen (secondary N) is 1. The van der Waals surface area contributed by atoms with Gasteiger partial charge in [-0.05, 0) is 38.1 Å². The molecule has 0 aromatic carbocycles. The summed E-state index contributed by atoms with van der Waals surface area (Å²) in [5, 5.41) is 34.4. The molecule has 0 atom stereocenters. The third-order valence-corrected chi connectivity index (χ3v) is 4.66. The maximum atomic E-state index is 9.61. The number of hydrogen-bond acceptors (Lipinski definition) is 8. The van der Waals surface area contributed by atoms with Gasteiger partial charge in [-0.1, -0.05) is 12.1 Å². The molecule has 0 amide bonds. The van der Waals surface area contributed by atoms with E-state index in [1.165, 1.54) is 4.68 Å². The van der Waals surface area contributed by atoms with E-state index in [9.17, 15) is 5.26 Å². The molecule has 5 aromatic rings. The van der Waals surface area contributed by atoms with Gasteiger partial charge in [0.05, 0.1) is 11.4 Å². The molecule has 0 spiro atoms. The fourth-order valence-electron chi connectivity index (χ4n) is 3.19. The van der Waals surface area contributed by atoms with E-state index < -0.39 is 0 Å². The fraction of sp³-hybridized carbons (Fsp3) is 0.100. The maximum Gasteiger partial charge on any atom is 0.205 e. The number of rotatable bonds is 4. The summed E-state index contributed by atoms with van der Waals surface area (Å²) in [6, 6.07) is 13.1. The van der Waals surface area contributed by atoms with Gasteiger partial charge in [-0.3, -0.25) is 10.1 Å². The first-order valence-electron chi connectivity index (χ1n) is 9.35. The van der Waals surface area contributed by atoms with Crippen molar-refractivity contribution in [3.05, 3.63) is 65.7 Å². The summed E-state index contributed by atoms with van der Waals surface area (Å²) in [7, 11) is 0. The minimum atomic E-state index is 0.293. The largest absolute Gasteiger partial charge is 0.293 e. The molecule has 0 unspecified atom stereocenters. The summed E-state index contributed by atoms with van der Waals surface area (Å²) >= 11 is 0. The number of H-pyrrole nitrogens is 1. The minimum absolute atomic E-state index is 0.293. The molecule has 5 aromatic heterocycles. The van der Waals surface area contributed by atoms with Crippen LogP contribution in [0.3, 0.4) is 0 Å². The van der Waals surface area contributed by atoms with E-state index in [1.807, 2.05) is 31.2 Å². The molecule has 5 heterocycles. The van der Waals surface area contributed by atoms with Crippen LogP contribution < -0.4 is 0 Å². The predicted molar refractivity (Wildman–Crippen MR) is 110 cm³/mol. The van der Waals surface area contributed by atoms with Crippen LogP contribution in [0, 0.1) is 25.2 Å². The van der Waals surface area contributed by atoms with Gasteiger partial charge in [0.15, 0.2) is 17.3 Å². The van der Waals surface area contributed by atoms with Crippen molar-refractivity contribution in [3.63, 3.8) is 0 Å². The lowest BCUT2D eigenvalue weighted by Crippen LogP contribution is -1.98. The SMILES string of the molecule is Cc1nn(-c2ccccn2)c(N=Nc2c(C)[nH]n3c(-c4ccccn4)nnc23)c1C#N. The topological polar surface area (TPSA) is 138 Å². The third kappa shape index (κ3) is 3.03. The fourth-order valence-corrected chi connectivity index (χ4v) is 3.19. The molecule has 0 radical (unpaired) electrons. The lowest BCUT2D eigenvalue weighted by atomic mass is 10.3. The van der Waals surface area contributed by atoms with Crippen LogP contribution in [-0.4, -0.2) is 39.6 Å². The summed E-state index contributed by atoms with van der Waals surface area (Å²) in [5.74, 6) is 1.39. The summed E-state index contributed by atoms with van der Waals surface area (Å²) in [5.41, 5.74) is 3.29. The second kappa shape index (κ2) is 7.27. The van der Waals surface area contributed by atoms with Crippen LogP contribution >= 0.6 is 0 Å². The van der Waals surface area contributed by atoms with Crippen molar-refractivity contribution in [2.24, 2.45) is 10.2 Å². The van der Waals surface area contributed by atoms with Crippen LogP contribution in [0.25, 0.3) is 23.0 Å². The zero-order valence-corrected chi connectivity index (χ0v) is 16.6. The maximum absolute atomic E-state index is 9.61. The van der Waals surface area contributed by atoms with Gasteiger partial charge in [-0.25, -0.2) is 9.50 Å². The highest BCUT2D eigenvalue weighted by Gasteiger charge is 2.19. The van der Waals surface area contributed by atoms with Crippen LogP contribution in [0.15, 0.2) is 59.0 Å². The van der Waals surface area contributed by atoms with Gasteiger partial charge < -0.3 is 0 Å². The Morgan fingerprint density at radius 3 is 2.52 bits per heavy atom. The van der Waals surface area contributed by atoms with Crippen molar-refractivity contribution in [2.45, 2.75) is 13.8 Å². The smallest absolute Gasteiger partial charge is 0.205 e. The van der Waals surface area contributed by atoms with Gasteiger partial charge >= 0.3 is 0 Å². The molecule has 0 saturated heterocycles. The number of aromatic nitrogens is 8. The Balaban J connectivity index is 1.62. The van der Waals surface area contributed by atoms with Crippen molar-refractivity contribution < 1.29 is 0 Å². The van der Waals surface area contributed by atoms with Crippen LogP contribution in [-0.2, 0) is 0 Å². The number of pyridine rings is 2. The summed E-state index contributed by atoms with van der Waals surface area (Å²) < 4.78 is 3.21. The zero-order chi connectivity index (χ0) is 21.4. The van der Waals surface area contributed by atoms with Crippen molar-refractivity contribution in [3.8, 4) is 23.4 Å². The molecule has 5 rings (SSSR count). The Labute approximate surface area is 175 Å². The highest BCUT2D eigenvalue weighted by molar-refractivity contribution is 5.69. The average Bonchev–Trinajstić information content (AvgIpc) is 3.44. The molecular formula is C20H15N11. The molecule has 31 heavy (non-hydrogen) atoms. The number of hydrogen-bond donors (Lipinski definition) is 1. The molecule has 0 aliphatic carbocycles. The lowest BCUT2D eigenvalue weighted by molar-refractivity contribution is 0.826. The van der Waals surface area contributed by atoms with Gasteiger partial charge in [0.1, 0.15) is 17.3 Å². The molecular weight excluding hydrogens is 394 g/mol. The van der Waals surface area contributed by atoms with Crippen LogP contribution in [0.1, 0.15) is 17.0 Å². The number of nitrogens with zero attached hydrogens (tertiary/aromatic N) is 10. The van der Waals surface area contributed by atoms with Gasteiger partial charge in [0, 0.05) is 12.4 Å². The monoisotopic (exact) mass is 409 g/mol. The summed E-state index contributed by atoms with van der Waals surface area (Å²) in [4.78, 5) is 8.62. The molecule has 0 saturated carbocycles. The second-order valence-corrected chi connectivity index (χ2v) is 6.68. The number of azo groups is 1. The van der Waals surface area contributed by atoms with Crippen molar-refractivity contribution in [2.75, 3.05) is 0 Å². The van der Waals surface area contributed by atoms with Crippen molar-refractivity contribution >= 4 is 17.2 Å². The molecule has 0 aliphatic heterocycles. The number of aromatic amines is 1. The minimum Gasteiger partial charge on any atom is -0.293 e. The van der Waals surface area contributed by atoms with Gasteiger partial charge in [0.2, 0.25) is 11.5 Å². The van der Waals surface area contributed by atoms with Crippen LogP contribution in [0.2, 0.25) is 0 Å². The third-order valence-electron chi connectivity index (χ3n) is 4.66.